The average molecular weight is 235 g/mol. The Hall–Kier alpha value is -1.84. The first-order valence-corrected chi connectivity index (χ1v) is 5.60. The van der Waals surface area contributed by atoms with E-state index in [2.05, 4.69) is 5.32 Å². The van der Waals surface area contributed by atoms with Crippen LogP contribution < -0.4 is 5.32 Å². The molecule has 0 aliphatic heterocycles. The molecule has 1 rings (SSSR count). The quantitative estimate of drug-likeness (QED) is 0.821. The maximum absolute atomic E-state index is 11.9. The Kier molecular flexibility index (Phi) is 4.26. The first kappa shape index (κ1) is 13.2. The molecule has 0 saturated carbocycles. The minimum absolute atomic E-state index is 0.357. The second-order valence-electron chi connectivity index (χ2n) is 4.21. The fourth-order valence-electron chi connectivity index (χ4n) is 1.64. The monoisotopic (exact) mass is 235 g/mol. The van der Waals surface area contributed by atoms with E-state index in [9.17, 15) is 9.59 Å². The Labute approximate surface area is 101 Å². The molecule has 0 unspecified atom stereocenters. The lowest BCUT2D eigenvalue weighted by Crippen LogP contribution is -2.52. The predicted molar refractivity (Wildman–Crippen MR) is 64.9 cm³/mol. The van der Waals surface area contributed by atoms with E-state index in [1.54, 1.807) is 30.3 Å². The fraction of sp³-hybridized carbons (Fsp3) is 0.385. The van der Waals surface area contributed by atoms with Crippen LogP contribution in [0.2, 0.25) is 0 Å². The van der Waals surface area contributed by atoms with Crippen molar-refractivity contribution in [1.82, 2.24) is 5.32 Å². The van der Waals surface area contributed by atoms with Gasteiger partial charge in [0.05, 0.1) is 0 Å². The summed E-state index contributed by atoms with van der Waals surface area (Å²) in [6.07, 6.45) is 1.10. The molecule has 1 amide bonds. The molecule has 0 spiro atoms. The largest absolute Gasteiger partial charge is 0.480 e. The van der Waals surface area contributed by atoms with Gasteiger partial charge < -0.3 is 10.4 Å². The van der Waals surface area contributed by atoms with Gasteiger partial charge in [0.25, 0.3) is 5.91 Å². The molecule has 0 bridgehead atoms. The number of carbonyl (C=O) groups is 2. The van der Waals surface area contributed by atoms with Gasteiger partial charge in [-0.2, -0.15) is 0 Å². The molecule has 0 fully saturated rings. The van der Waals surface area contributed by atoms with Gasteiger partial charge in [-0.15, -0.1) is 0 Å². The van der Waals surface area contributed by atoms with Gasteiger partial charge in [-0.1, -0.05) is 31.5 Å². The van der Waals surface area contributed by atoms with Crippen LogP contribution in [-0.4, -0.2) is 22.5 Å². The summed E-state index contributed by atoms with van der Waals surface area (Å²) in [5.41, 5.74) is -0.738. The van der Waals surface area contributed by atoms with Crippen molar-refractivity contribution in [3.8, 4) is 0 Å². The van der Waals surface area contributed by atoms with E-state index in [1.165, 1.54) is 6.92 Å². The number of nitrogens with one attached hydrogen (secondary N) is 1. The molecule has 2 N–H and O–H groups in total. The van der Waals surface area contributed by atoms with E-state index in [4.69, 9.17) is 5.11 Å². The van der Waals surface area contributed by atoms with Crippen molar-refractivity contribution in [3.63, 3.8) is 0 Å². The molecular weight excluding hydrogens is 218 g/mol. The number of carboxylic acids is 1. The molecule has 0 aliphatic rings. The average Bonchev–Trinajstić information content (AvgIpc) is 2.30. The zero-order valence-corrected chi connectivity index (χ0v) is 10.1. The van der Waals surface area contributed by atoms with Crippen LogP contribution >= 0.6 is 0 Å². The van der Waals surface area contributed by atoms with E-state index >= 15 is 0 Å². The number of hydrogen-bond acceptors (Lipinski definition) is 2. The van der Waals surface area contributed by atoms with Crippen LogP contribution in [0.15, 0.2) is 30.3 Å². The van der Waals surface area contributed by atoms with Crippen molar-refractivity contribution in [2.75, 3.05) is 0 Å². The second-order valence-corrected chi connectivity index (χ2v) is 4.21. The van der Waals surface area contributed by atoms with Gasteiger partial charge in [0.1, 0.15) is 5.54 Å². The first-order chi connectivity index (χ1) is 7.99. The fourth-order valence-corrected chi connectivity index (χ4v) is 1.64. The summed E-state index contributed by atoms with van der Waals surface area (Å²) in [5.74, 6) is -1.37. The van der Waals surface area contributed by atoms with Crippen LogP contribution in [0.25, 0.3) is 0 Å². The lowest BCUT2D eigenvalue weighted by Gasteiger charge is -2.25. The minimum atomic E-state index is -1.21. The van der Waals surface area contributed by atoms with Gasteiger partial charge in [-0.3, -0.25) is 4.79 Å². The summed E-state index contributed by atoms with van der Waals surface area (Å²) in [6, 6.07) is 8.60. The molecule has 17 heavy (non-hydrogen) atoms. The zero-order valence-electron chi connectivity index (χ0n) is 10.1. The molecule has 1 aromatic rings. The maximum Gasteiger partial charge on any atom is 0.329 e. The van der Waals surface area contributed by atoms with E-state index in [1.807, 2.05) is 6.92 Å². The SMILES string of the molecule is CCC[C@@](C)(NC(=O)c1ccccc1)C(=O)O. The number of amides is 1. The lowest BCUT2D eigenvalue weighted by molar-refractivity contribution is -0.144. The second kappa shape index (κ2) is 5.48. The van der Waals surface area contributed by atoms with Gasteiger partial charge in [-0.25, -0.2) is 4.79 Å². The van der Waals surface area contributed by atoms with Crippen molar-refractivity contribution < 1.29 is 14.7 Å². The number of rotatable bonds is 5. The summed E-state index contributed by atoms with van der Waals surface area (Å²) in [7, 11) is 0. The van der Waals surface area contributed by atoms with Crippen molar-refractivity contribution in [1.29, 1.82) is 0 Å². The van der Waals surface area contributed by atoms with Gasteiger partial charge in [0, 0.05) is 5.56 Å². The topological polar surface area (TPSA) is 66.4 Å². The maximum atomic E-state index is 11.9. The molecule has 0 aromatic heterocycles. The summed E-state index contributed by atoms with van der Waals surface area (Å²) in [4.78, 5) is 23.0. The normalized spacial score (nSPS) is 13.8. The van der Waals surface area contributed by atoms with Crippen LogP contribution in [0.5, 0.6) is 0 Å². The Morgan fingerprint density at radius 3 is 2.35 bits per heavy atom. The summed E-state index contributed by atoms with van der Waals surface area (Å²) in [5, 5.41) is 11.7. The Balaban J connectivity index is 2.82. The van der Waals surface area contributed by atoms with Crippen LogP contribution in [0.1, 0.15) is 37.0 Å². The molecule has 1 atom stereocenters. The molecule has 0 radical (unpaired) electrons. The first-order valence-electron chi connectivity index (χ1n) is 5.60. The van der Waals surface area contributed by atoms with Gasteiger partial charge in [0.2, 0.25) is 0 Å². The highest BCUT2D eigenvalue weighted by Crippen LogP contribution is 2.13. The lowest BCUT2D eigenvalue weighted by atomic mass is 9.96. The van der Waals surface area contributed by atoms with Crippen molar-refractivity contribution in [3.05, 3.63) is 35.9 Å². The third kappa shape index (κ3) is 3.31. The Morgan fingerprint density at radius 2 is 1.88 bits per heavy atom. The van der Waals surface area contributed by atoms with Crippen LogP contribution in [0.4, 0.5) is 0 Å². The van der Waals surface area contributed by atoms with Gasteiger partial charge in [0.15, 0.2) is 0 Å². The molecule has 92 valence electrons. The van der Waals surface area contributed by atoms with E-state index < -0.39 is 11.5 Å². The summed E-state index contributed by atoms with van der Waals surface area (Å²) in [6.45, 7) is 3.41. The Morgan fingerprint density at radius 1 is 1.29 bits per heavy atom. The molecule has 0 saturated heterocycles. The molecular formula is C13H17NO3. The smallest absolute Gasteiger partial charge is 0.329 e. The molecule has 4 nitrogen and oxygen atoms in total. The molecule has 0 aliphatic carbocycles. The predicted octanol–water partition coefficient (Wildman–Crippen LogP) is 2.06. The van der Waals surface area contributed by atoms with Crippen molar-refractivity contribution >= 4 is 11.9 Å². The van der Waals surface area contributed by atoms with Crippen LogP contribution in [0, 0.1) is 0 Å². The standard InChI is InChI=1S/C13H17NO3/c1-3-9-13(2,12(16)17)14-11(15)10-7-5-4-6-8-10/h4-8H,3,9H2,1-2H3,(H,14,15)(H,16,17)/t13-/m1/s1. The molecule has 0 heterocycles. The third-order valence-electron chi connectivity index (χ3n) is 2.65. The number of benzene rings is 1. The number of aliphatic carboxylic acids is 1. The highest BCUT2D eigenvalue weighted by atomic mass is 16.4. The molecule has 1 aromatic carbocycles. The van der Waals surface area contributed by atoms with Gasteiger partial charge >= 0.3 is 5.97 Å². The van der Waals surface area contributed by atoms with Crippen molar-refractivity contribution in [2.24, 2.45) is 0 Å². The van der Waals surface area contributed by atoms with E-state index in [0.717, 1.165) is 0 Å². The number of carbonyl (C=O) groups excluding carboxylic acids is 1. The summed E-state index contributed by atoms with van der Waals surface area (Å²) >= 11 is 0. The highest BCUT2D eigenvalue weighted by molar-refractivity contribution is 5.97. The Bertz CT molecular complexity index is 402. The molecule has 4 heteroatoms. The van der Waals surface area contributed by atoms with Gasteiger partial charge in [-0.05, 0) is 25.5 Å². The van der Waals surface area contributed by atoms with E-state index in [-0.39, 0.29) is 5.91 Å². The minimum Gasteiger partial charge on any atom is -0.480 e. The number of carboxylic acid groups (broad SMARTS) is 1. The van der Waals surface area contributed by atoms with Crippen LogP contribution in [-0.2, 0) is 4.79 Å². The summed E-state index contributed by atoms with van der Waals surface area (Å²) < 4.78 is 0. The van der Waals surface area contributed by atoms with Crippen molar-refractivity contribution in [2.45, 2.75) is 32.2 Å². The number of hydrogen-bond donors (Lipinski definition) is 2. The van der Waals surface area contributed by atoms with E-state index in [0.29, 0.717) is 18.4 Å². The highest BCUT2D eigenvalue weighted by Gasteiger charge is 2.33. The third-order valence-corrected chi connectivity index (χ3v) is 2.65. The van der Waals surface area contributed by atoms with Crippen LogP contribution in [0.3, 0.4) is 0 Å². The zero-order chi connectivity index (χ0) is 12.9.